The summed E-state index contributed by atoms with van der Waals surface area (Å²) < 4.78 is 115. The molecule has 0 saturated carbocycles. The smallest absolute Gasteiger partial charge is 0.287 e. The Kier molecular flexibility index (Phi) is 4.80. The maximum absolute atomic E-state index is 13.5. The molecule has 0 radical (unpaired) electrons. The Labute approximate surface area is 124 Å². The zero-order valence-electron chi connectivity index (χ0n) is 11.3. The fraction of sp³-hybridized carbons (Fsp3) is 0.462. The predicted molar refractivity (Wildman–Crippen MR) is 61.0 cm³/mol. The van der Waals surface area contributed by atoms with Crippen LogP contribution in [-0.2, 0) is 6.42 Å². The molecule has 1 rings (SSSR count). The molecule has 0 unspecified atom stereocenters. The number of rotatable bonds is 5. The van der Waals surface area contributed by atoms with Gasteiger partial charge in [0.25, 0.3) is 0 Å². The van der Waals surface area contributed by atoms with E-state index in [1.165, 1.54) is 13.0 Å². The SMILES string of the molecule is CCc1ccccc1C(=O)C(F)(F)C(F)(F)C(F)(F)C(F)(F)F. The molecule has 1 aromatic rings. The van der Waals surface area contributed by atoms with Gasteiger partial charge in [0.2, 0.25) is 5.78 Å². The molecule has 0 aromatic heterocycles. The van der Waals surface area contributed by atoms with Crippen molar-refractivity contribution in [2.45, 2.75) is 37.3 Å². The van der Waals surface area contributed by atoms with E-state index in [1.54, 1.807) is 0 Å². The Morgan fingerprint density at radius 3 is 1.78 bits per heavy atom. The molecule has 0 spiro atoms. The lowest BCUT2D eigenvalue weighted by Gasteiger charge is -2.33. The van der Waals surface area contributed by atoms with Gasteiger partial charge in [0, 0.05) is 5.56 Å². The fourth-order valence-corrected chi connectivity index (χ4v) is 1.74. The van der Waals surface area contributed by atoms with Gasteiger partial charge in [-0.05, 0) is 12.0 Å². The molecular weight excluding hydrogens is 343 g/mol. The minimum absolute atomic E-state index is 0.0980. The maximum atomic E-state index is 13.5. The summed E-state index contributed by atoms with van der Waals surface area (Å²) in [5.41, 5.74) is -1.24. The van der Waals surface area contributed by atoms with Crippen LogP contribution in [0.15, 0.2) is 24.3 Å². The second-order valence-electron chi connectivity index (χ2n) is 4.56. The summed E-state index contributed by atoms with van der Waals surface area (Å²) in [6.45, 7) is 1.35. The van der Waals surface area contributed by atoms with Crippen LogP contribution in [0.3, 0.4) is 0 Å². The van der Waals surface area contributed by atoms with Crippen molar-refractivity contribution >= 4 is 5.78 Å². The van der Waals surface area contributed by atoms with E-state index in [4.69, 9.17) is 0 Å². The number of halogens is 9. The predicted octanol–water partition coefficient (Wildman–Crippen LogP) is 4.90. The molecule has 0 aliphatic heterocycles. The van der Waals surface area contributed by atoms with Gasteiger partial charge in [-0.1, -0.05) is 31.2 Å². The largest absolute Gasteiger partial charge is 0.460 e. The van der Waals surface area contributed by atoms with Crippen LogP contribution in [0.5, 0.6) is 0 Å². The zero-order valence-corrected chi connectivity index (χ0v) is 11.3. The first-order chi connectivity index (χ1) is 10.2. The zero-order chi connectivity index (χ0) is 18.3. The Bertz CT molecular complexity index is 589. The lowest BCUT2D eigenvalue weighted by Crippen LogP contribution is -2.63. The van der Waals surface area contributed by atoms with E-state index in [0.717, 1.165) is 12.1 Å². The summed E-state index contributed by atoms with van der Waals surface area (Å²) in [6, 6.07) is 3.99. The topological polar surface area (TPSA) is 17.1 Å². The van der Waals surface area contributed by atoms with E-state index in [0.29, 0.717) is 6.07 Å². The molecular formula is C13H9F9O. The number of carbonyl (C=O) groups excluding carboxylic acids is 1. The van der Waals surface area contributed by atoms with Crippen LogP contribution >= 0.6 is 0 Å². The number of benzene rings is 1. The third kappa shape index (κ3) is 2.90. The van der Waals surface area contributed by atoms with Gasteiger partial charge in [-0.15, -0.1) is 0 Å². The van der Waals surface area contributed by atoms with Crippen molar-refractivity contribution in [2.75, 3.05) is 0 Å². The van der Waals surface area contributed by atoms with Crippen LogP contribution < -0.4 is 0 Å². The van der Waals surface area contributed by atoms with Gasteiger partial charge in [0.05, 0.1) is 0 Å². The molecule has 130 valence electrons. The van der Waals surface area contributed by atoms with Gasteiger partial charge < -0.3 is 0 Å². The average Bonchev–Trinajstić information content (AvgIpc) is 2.44. The molecule has 0 aliphatic rings. The number of alkyl halides is 9. The Morgan fingerprint density at radius 1 is 0.870 bits per heavy atom. The molecule has 0 fully saturated rings. The number of Topliss-reactive ketones (excluding diaryl/α,β-unsaturated/α-hetero) is 1. The molecule has 23 heavy (non-hydrogen) atoms. The van der Waals surface area contributed by atoms with Crippen molar-refractivity contribution in [2.24, 2.45) is 0 Å². The second kappa shape index (κ2) is 5.72. The Morgan fingerprint density at radius 2 is 1.35 bits per heavy atom. The summed E-state index contributed by atoms with van der Waals surface area (Å²) in [6.07, 6.45) is -7.05. The molecule has 1 nitrogen and oxygen atoms in total. The normalized spacial score (nSPS) is 14.0. The number of hydrogen-bond acceptors (Lipinski definition) is 1. The minimum atomic E-state index is -7.08. The van der Waals surface area contributed by atoms with Crippen molar-refractivity contribution in [3.63, 3.8) is 0 Å². The van der Waals surface area contributed by atoms with Gasteiger partial charge in [-0.2, -0.15) is 39.5 Å². The van der Waals surface area contributed by atoms with Crippen molar-refractivity contribution in [1.29, 1.82) is 0 Å². The summed E-state index contributed by atoms with van der Waals surface area (Å²) in [5.74, 6) is -23.1. The molecule has 0 aliphatic carbocycles. The van der Waals surface area contributed by atoms with Crippen LogP contribution in [0.4, 0.5) is 39.5 Å². The van der Waals surface area contributed by atoms with Crippen molar-refractivity contribution in [1.82, 2.24) is 0 Å². The van der Waals surface area contributed by atoms with Crippen molar-refractivity contribution < 1.29 is 44.3 Å². The molecule has 0 N–H and O–H groups in total. The molecule has 0 atom stereocenters. The lowest BCUT2D eigenvalue weighted by atomic mass is 9.92. The third-order valence-electron chi connectivity index (χ3n) is 3.07. The van der Waals surface area contributed by atoms with Gasteiger partial charge >= 0.3 is 23.9 Å². The highest BCUT2D eigenvalue weighted by Gasteiger charge is 2.83. The first kappa shape index (κ1) is 19.3. The Hall–Kier alpha value is -1.74. The molecule has 0 amide bonds. The van der Waals surface area contributed by atoms with Crippen molar-refractivity contribution in [3.8, 4) is 0 Å². The number of aryl methyl sites for hydroxylation is 1. The minimum Gasteiger partial charge on any atom is -0.287 e. The van der Waals surface area contributed by atoms with Crippen LogP contribution in [0.25, 0.3) is 0 Å². The van der Waals surface area contributed by atoms with Crippen LogP contribution in [0.1, 0.15) is 22.8 Å². The average molecular weight is 352 g/mol. The molecule has 0 saturated heterocycles. The number of carbonyl (C=O) groups is 1. The van der Waals surface area contributed by atoms with Gasteiger partial charge in [-0.25, -0.2) is 0 Å². The molecule has 0 heterocycles. The van der Waals surface area contributed by atoms with E-state index in [1.807, 2.05) is 0 Å². The first-order valence-corrected chi connectivity index (χ1v) is 6.04. The molecule has 1 aromatic carbocycles. The summed E-state index contributed by atoms with van der Waals surface area (Å²) in [4.78, 5) is 11.5. The fourth-order valence-electron chi connectivity index (χ4n) is 1.74. The van der Waals surface area contributed by atoms with Crippen LogP contribution in [0.2, 0.25) is 0 Å². The highest BCUT2D eigenvalue weighted by molar-refractivity contribution is 6.03. The van der Waals surface area contributed by atoms with Gasteiger partial charge in [0.15, 0.2) is 0 Å². The summed E-state index contributed by atoms with van der Waals surface area (Å²) in [5, 5.41) is 0. The van der Waals surface area contributed by atoms with E-state index >= 15 is 0 Å². The third-order valence-corrected chi connectivity index (χ3v) is 3.07. The summed E-state index contributed by atoms with van der Waals surface area (Å²) >= 11 is 0. The summed E-state index contributed by atoms with van der Waals surface area (Å²) in [7, 11) is 0. The van der Waals surface area contributed by atoms with E-state index in [2.05, 4.69) is 0 Å². The Balaban J connectivity index is 3.42. The van der Waals surface area contributed by atoms with E-state index in [-0.39, 0.29) is 12.0 Å². The number of hydrogen-bond donors (Lipinski definition) is 0. The van der Waals surface area contributed by atoms with Crippen molar-refractivity contribution in [3.05, 3.63) is 35.4 Å². The standard InChI is InChI=1S/C13H9F9O/c1-2-7-5-3-4-6-8(7)9(23)10(14,15)11(16,17)12(18,19)13(20,21)22/h3-6H,2H2,1H3. The first-order valence-electron chi connectivity index (χ1n) is 6.04. The van der Waals surface area contributed by atoms with Crippen LogP contribution in [-0.4, -0.2) is 29.7 Å². The van der Waals surface area contributed by atoms with Gasteiger partial charge in [0.1, 0.15) is 0 Å². The second-order valence-corrected chi connectivity index (χ2v) is 4.56. The molecule has 0 bridgehead atoms. The van der Waals surface area contributed by atoms with Crippen LogP contribution in [0, 0.1) is 0 Å². The van der Waals surface area contributed by atoms with Gasteiger partial charge in [-0.3, -0.25) is 4.79 Å². The van der Waals surface area contributed by atoms with E-state index in [9.17, 15) is 44.3 Å². The lowest BCUT2D eigenvalue weighted by molar-refractivity contribution is -0.386. The van der Waals surface area contributed by atoms with E-state index < -0.39 is 35.3 Å². The number of ketones is 1. The highest BCUT2D eigenvalue weighted by atomic mass is 19.4. The monoisotopic (exact) mass is 352 g/mol. The quantitative estimate of drug-likeness (QED) is 0.544. The maximum Gasteiger partial charge on any atom is 0.460 e. The highest BCUT2D eigenvalue weighted by Crippen LogP contribution is 2.53. The molecule has 10 heteroatoms.